The van der Waals surface area contributed by atoms with Gasteiger partial charge in [0.2, 0.25) is 0 Å². The van der Waals surface area contributed by atoms with Crippen molar-refractivity contribution in [3.05, 3.63) is 70.0 Å². The van der Waals surface area contributed by atoms with Crippen molar-refractivity contribution < 1.29 is 35.5 Å². The Morgan fingerprint density at radius 1 is 1.06 bits per heavy atom. The van der Waals surface area contributed by atoms with E-state index in [1.807, 2.05) is 0 Å². The van der Waals surface area contributed by atoms with Crippen LogP contribution in [0.25, 0.3) is 0 Å². The predicted molar refractivity (Wildman–Crippen MR) is 107 cm³/mol. The number of halogens is 7. The minimum Gasteiger partial charge on any atom is -0.323 e. The number of nitrogens with one attached hydrogen (secondary N) is 1. The van der Waals surface area contributed by atoms with E-state index in [2.05, 4.69) is 5.32 Å². The van der Waals surface area contributed by atoms with Gasteiger partial charge in [0.05, 0.1) is 17.2 Å². The number of rotatable bonds is 3. The van der Waals surface area contributed by atoms with Gasteiger partial charge >= 0.3 is 18.4 Å². The van der Waals surface area contributed by atoms with E-state index in [0.717, 1.165) is 4.90 Å². The number of aryl methyl sites for hydroxylation is 1. The number of alkyl halides is 6. The van der Waals surface area contributed by atoms with Crippen LogP contribution in [0.15, 0.2) is 36.4 Å². The molecule has 1 unspecified atom stereocenters. The largest absolute Gasteiger partial charge is 0.416 e. The molecule has 0 spiro atoms. The Bertz CT molecular complexity index is 988. The summed E-state index contributed by atoms with van der Waals surface area (Å²) in [6.07, 6.45) is -9.94. The molecule has 1 atom stereocenters. The maximum absolute atomic E-state index is 13.7. The van der Waals surface area contributed by atoms with Crippen molar-refractivity contribution in [2.75, 3.05) is 26.7 Å². The van der Waals surface area contributed by atoms with Crippen LogP contribution in [0, 0.1) is 12.7 Å². The van der Waals surface area contributed by atoms with E-state index in [9.17, 15) is 35.5 Å². The second-order valence-corrected chi connectivity index (χ2v) is 7.97. The van der Waals surface area contributed by atoms with E-state index in [0.29, 0.717) is 36.3 Å². The highest BCUT2D eigenvalue weighted by atomic mass is 19.4. The van der Waals surface area contributed by atoms with Crippen LogP contribution in [-0.2, 0) is 18.9 Å². The molecule has 2 aromatic carbocycles. The van der Waals surface area contributed by atoms with Crippen molar-refractivity contribution in [2.45, 2.75) is 31.9 Å². The number of nitrogens with zero attached hydrogens (tertiary/aromatic N) is 2. The van der Waals surface area contributed by atoms with Crippen LogP contribution in [0.3, 0.4) is 0 Å². The van der Waals surface area contributed by atoms with Crippen molar-refractivity contribution in [1.82, 2.24) is 15.1 Å². The molecule has 0 bridgehead atoms. The SMILES string of the molecule is Cc1cc(C2CNCCN2C(=O)N(C)Cc2cc(C(F)(F)F)cc(C(F)(F)F)c2)ccc1F. The van der Waals surface area contributed by atoms with Crippen LogP contribution in [0.4, 0.5) is 35.5 Å². The fraction of sp³-hybridized carbons (Fsp3) is 0.409. The molecule has 1 heterocycles. The minimum atomic E-state index is -4.97. The first-order chi connectivity index (χ1) is 15.3. The lowest BCUT2D eigenvalue weighted by atomic mass is 10.0. The van der Waals surface area contributed by atoms with E-state index in [1.54, 1.807) is 19.1 Å². The smallest absolute Gasteiger partial charge is 0.323 e. The van der Waals surface area contributed by atoms with E-state index in [1.165, 1.54) is 18.0 Å². The molecule has 0 aliphatic carbocycles. The Morgan fingerprint density at radius 2 is 1.67 bits per heavy atom. The van der Waals surface area contributed by atoms with E-state index in [-0.39, 0.29) is 18.2 Å². The van der Waals surface area contributed by atoms with Crippen molar-refractivity contribution in [2.24, 2.45) is 0 Å². The molecule has 1 aliphatic heterocycles. The zero-order valence-electron chi connectivity index (χ0n) is 17.8. The highest BCUT2D eigenvalue weighted by Gasteiger charge is 2.37. The summed E-state index contributed by atoms with van der Waals surface area (Å²) in [4.78, 5) is 15.7. The normalized spacial score (nSPS) is 17.2. The Hall–Kier alpha value is -2.82. The van der Waals surface area contributed by atoms with Gasteiger partial charge in [-0.25, -0.2) is 9.18 Å². The number of benzene rings is 2. The van der Waals surface area contributed by atoms with Gasteiger partial charge in [0.1, 0.15) is 5.82 Å². The number of piperazine rings is 1. The standard InChI is InChI=1S/C22H22F7N3O/c1-13-7-15(3-4-18(13)23)19-11-30-5-6-32(19)20(33)31(2)12-14-8-16(21(24,25)26)10-17(9-14)22(27,28)29/h3-4,7-10,19,30H,5-6,11-12H2,1-2H3. The molecule has 33 heavy (non-hydrogen) atoms. The number of amides is 2. The molecule has 4 nitrogen and oxygen atoms in total. The first-order valence-corrected chi connectivity index (χ1v) is 10.0. The van der Waals surface area contributed by atoms with Gasteiger partial charge in [-0.2, -0.15) is 26.3 Å². The lowest BCUT2D eigenvalue weighted by molar-refractivity contribution is -0.143. The Morgan fingerprint density at radius 3 is 2.21 bits per heavy atom. The van der Waals surface area contributed by atoms with Crippen LogP contribution < -0.4 is 5.32 Å². The Kier molecular flexibility index (Phi) is 6.92. The van der Waals surface area contributed by atoms with Crippen LogP contribution in [0.2, 0.25) is 0 Å². The first kappa shape index (κ1) is 24.8. The van der Waals surface area contributed by atoms with E-state index < -0.39 is 47.9 Å². The molecule has 1 saturated heterocycles. The molecule has 1 aliphatic rings. The molecule has 0 radical (unpaired) electrons. The average molecular weight is 477 g/mol. The summed E-state index contributed by atoms with van der Waals surface area (Å²) in [6.45, 7) is 2.22. The van der Waals surface area contributed by atoms with Gasteiger partial charge in [-0.3, -0.25) is 0 Å². The third-order valence-electron chi connectivity index (χ3n) is 5.45. The van der Waals surface area contributed by atoms with Crippen molar-refractivity contribution in [3.8, 4) is 0 Å². The number of urea groups is 1. The lowest BCUT2D eigenvalue weighted by Gasteiger charge is -2.39. The van der Waals surface area contributed by atoms with Gasteiger partial charge in [0, 0.05) is 33.2 Å². The summed E-state index contributed by atoms with van der Waals surface area (Å²) in [7, 11) is 1.31. The highest BCUT2D eigenvalue weighted by molar-refractivity contribution is 5.75. The summed E-state index contributed by atoms with van der Waals surface area (Å²) in [5.74, 6) is -0.400. The van der Waals surface area contributed by atoms with Gasteiger partial charge in [-0.05, 0) is 47.9 Å². The third-order valence-corrected chi connectivity index (χ3v) is 5.45. The maximum Gasteiger partial charge on any atom is 0.416 e. The van der Waals surface area contributed by atoms with Gasteiger partial charge in [0.25, 0.3) is 0 Å². The third kappa shape index (κ3) is 5.76. The summed E-state index contributed by atoms with van der Waals surface area (Å²) in [5.41, 5.74) is -2.11. The molecule has 1 N–H and O–H groups in total. The molecule has 2 amide bonds. The van der Waals surface area contributed by atoms with Gasteiger partial charge in [-0.15, -0.1) is 0 Å². The maximum atomic E-state index is 13.7. The zero-order valence-corrected chi connectivity index (χ0v) is 17.8. The minimum absolute atomic E-state index is 0.0501. The number of carbonyl (C=O) groups excluding carboxylic acids is 1. The molecule has 0 aromatic heterocycles. The fourth-order valence-corrected chi connectivity index (χ4v) is 3.78. The first-order valence-electron chi connectivity index (χ1n) is 10.0. The van der Waals surface area contributed by atoms with Gasteiger partial charge in [0.15, 0.2) is 0 Å². The average Bonchev–Trinajstić information content (AvgIpc) is 2.73. The number of hydrogen-bond acceptors (Lipinski definition) is 2. The monoisotopic (exact) mass is 477 g/mol. The summed E-state index contributed by atoms with van der Waals surface area (Å²) < 4.78 is 92.5. The second-order valence-electron chi connectivity index (χ2n) is 7.97. The molecule has 180 valence electrons. The van der Waals surface area contributed by atoms with E-state index in [4.69, 9.17) is 0 Å². The Balaban J connectivity index is 1.86. The molecular weight excluding hydrogens is 455 g/mol. The van der Waals surface area contributed by atoms with Gasteiger partial charge < -0.3 is 15.1 Å². The zero-order chi connectivity index (χ0) is 24.6. The van der Waals surface area contributed by atoms with Crippen LogP contribution >= 0.6 is 0 Å². The predicted octanol–water partition coefficient (Wildman–Crippen LogP) is 5.37. The van der Waals surface area contributed by atoms with Crippen LogP contribution in [0.1, 0.15) is 33.9 Å². The summed E-state index contributed by atoms with van der Waals surface area (Å²) >= 11 is 0. The molecule has 11 heteroatoms. The number of hydrogen-bond donors (Lipinski definition) is 1. The van der Waals surface area contributed by atoms with Crippen LogP contribution in [0.5, 0.6) is 0 Å². The van der Waals surface area contributed by atoms with Gasteiger partial charge in [-0.1, -0.05) is 12.1 Å². The molecular formula is C22H22F7N3O. The van der Waals surface area contributed by atoms with Crippen molar-refractivity contribution >= 4 is 6.03 Å². The van der Waals surface area contributed by atoms with Crippen molar-refractivity contribution in [3.63, 3.8) is 0 Å². The fourth-order valence-electron chi connectivity index (χ4n) is 3.78. The summed E-state index contributed by atoms with van der Waals surface area (Å²) in [6, 6.07) is 4.67. The van der Waals surface area contributed by atoms with Crippen LogP contribution in [-0.4, -0.2) is 42.5 Å². The quantitative estimate of drug-likeness (QED) is 0.604. The topological polar surface area (TPSA) is 35.6 Å². The molecule has 3 rings (SSSR count). The number of carbonyl (C=O) groups is 1. The molecule has 0 saturated carbocycles. The lowest BCUT2D eigenvalue weighted by Crippen LogP contribution is -2.52. The summed E-state index contributed by atoms with van der Waals surface area (Å²) in [5, 5.41) is 3.13. The molecule has 1 fully saturated rings. The van der Waals surface area contributed by atoms with E-state index >= 15 is 0 Å². The highest BCUT2D eigenvalue weighted by Crippen LogP contribution is 2.36. The second kappa shape index (κ2) is 9.20. The van der Waals surface area contributed by atoms with Crippen molar-refractivity contribution in [1.29, 1.82) is 0 Å². The Labute approximate surface area is 186 Å². The molecule has 2 aromatic rings.